The number of halogens is 3. The summed E-state index contributed by atoms with van der Waals surface area (Å²) >= 11 is 12.2. The largest absolute Gasteiger partial charge is 1.00 e. The van der Waals surface area contributed by atoms with Crippen LogP contribution < -0.4 is 17.0 Å². The average Bonchev–Trinajstić information content (AvgIpc) is 2.67. The molecule has 0 unspecified atom stereocenters. The Labute approximate surface area is 140 Å². The van der Waals surface area contributed by atoms with Gasteiger partial charge in [-0.3, -0.25) is 0 Å². The lowest BCUT2D eigenvalue weighted by molar-refractivity contribution is -0.679. The van der Waals surface area contributed by atoms with E-state index in [-0.39, 0.29) is 25.6 Å². The minimum atomic E-state index is 0. The van der Waals surface area contributed by atoms with Crippen molar-refractivity contribution in [3.8, 4) is 0 Å². The molecule has 0 amide bonds. The number of aliphatic hydroxyl groups excluding tert-OH is 2. The highest BCUT2D eigenvalue weighted by atomic mass is 35.5. The molecule has 7 heteroatoms. The lowest BCUT2D eigenvalue weighted by Gasteiger charge is -2.00. The van der Waals surface area contributed by atoms with Crippen molar-refractivity contribution < 1.29 is 27.2 Å². The van der Waals surface area contributed by atoms with Gasteiger partial charge in [-0.25, -0.2) is 9.13 Å². The first-order chi connectivity index (χ1) is 9.60. The Balaban J connectivity index is 0.00000220. The van der Waals surface area contributed by atoms with Crippen molar-refractivity contribution in [1.29, 1.82) is 0 Å². The van der Waals surface area contributed by atoms with Crippen LogP contribution in [0.3, 0.4) is 0 Å². The summed E-state index contributed by atoms with van der Waals surface area (Å²) in [6.07, 6.45) is 1.37. The molecule has 0 fully saturated rings. The molecule has 4 nitrogen and oxygen atoms in total. The number of rotatable bonds is 6. The smallest absolute Gasteiger partial charge is 0.254 e. The number of imidazole rings is 1. The van der Waals surface area contributed by atoms with Crippen molar-refractivity contribution in [2.75, 3.05) is 13.2 Å². The number of hydrogen-bond donors (Lipinski definition) is 2. The Morgan fingerprint density at radius 2 is 1.71 bits per heavy atom. The summed E-state index contributed by atoms with van der Waals surface area (Å²) in [6.45, 7) is 3.77. The van der Waals surface area contributed by atoms with Crippen molar-refractivity contribution in [2.45, 2.75) is 32.9 Å². The molecule has 2 N–H and O–H groups in total. The minimum Gasteiger partial charge on any atom is -1.00 e. The molecule has 0 radical (unpaired) electrons. The highest BCUT2D eigenvalue weighted by Crippen LogP contribution is 2.27. The molecule has 0 bridgehead atoms. The molecular weight excluding hydrogens is 335 g/mol. The highest BCUT2D eigenvalue weighted by Gasteiger charge is 2.22. The van der Waals surface area contributed by atoms with Crippen LogP contribution in [0.4, 0.5) is 0 Å². The summed E-state index contributed by atoms with van der Waals surface area (Å²) < 4.78 is 4.26. The highest BCUT2D eigenvalue weighted by molar-refractivity contribution is 6.42. The zero-order valence-electron chi connectivity index (χ0n) is 11.8. The third kappa shape index (κ3) is 3.82. The Morgan fingerprint density at radius 1 is 1.10 bits per heavy atom. The molecule has 1 heterocycles. The van der Waals surface area contributed by atoms with Gasteiger partial charge in [0.2, 0.25) is 0 Å². The Kier molecular flexibility index (Phi) is 7.24. The summed E-state index contributed by atoms with van der Waals surface area (Å²) in [5, 5.41) is 19.1. The standard InChI is InChI=1S/C14H19Cl2N2O2.ClH/c1-10-17(4-2-6-19)13-8-11(15)12(16)9-14(13)18(10)5-3-7-20;/h8-9,19-20H,2-7H2,1H3;1H/q+1;/p-1. The maximum absolute atomic E-state index is 9.04. The number of benzene rings is 1. The van der Waals surface area contributed by atoms with Crippen molar-refractivity contribution in [3.05, 3.63) is 28.0 Å². The molecule has 0 spiro atoms. The van der Waals surface area contributed by atoms with Crippen LogP contribution in [0.15, 0.2) is 12.1 Å². The fourth-order valence-electron chi connectivity index (χ4n) is 2.47. The topological polar surface area (TPSA) is 49.3 Å². The van der Waals surface area contributed by atoms with E-state index in [0.29, 0.717) is 22.9 Å². The lowest BCUT2D eigenvalue weighted by Crippen LogP contribution is -3.00. The first-order valence-electron chi connectivity index (χ1n) is 6.69. The fraction of sp³-hybridized carbons (Fsp3) is 0.500. The molecule has 0 aliphatic rings. The van der Waals surface area contributed by atoms with Crippen LogP contribution in [0.5, 0.6) is 0 Å². The van der Waals surface area contributed by atoms with E-state index in [1.165, 1.54) is 0 Å². The van der Waals surface area contributed by atoms with E-state index >= 15 is 0 Å². The summed E-state index contributed by atoms with van der Waals surface area (Å²) in [5.74, 6) is 1.07. The van der Waals surface area contributed by atoms with Crippen LogP contribution in [-0.4, -0.2) is 28.0 Å². The van der Waals surface area contributed by atoms with Crippen molar-refractivity contribution in [2.24, 2.45) is 0 Å². The van der Waals surface area contributed by atoms with Gasteiger partial charge < -0.3 is 22.6 Å². The minimum absolute atomic E-state index is 0. The Morgan fingerprint density at radius 3 is 2.33 bits per heavy atom. The lowest BCUT2D eigenvalue weighted by atomic mass is 10.3. The Hall–Kier alpha value is -0.520. The molecule has 0 saturated heterocycles. The quantitative estimate of drug-likeness (QED) is 0.676. The van der Waals surface area contributed by atoms with E-state index < -0.39 is 0 Å². The fourth-order valence-corrected chi connectivity index (χ4v) is 2.79. The normalized spacial score (nSPS) is 10.9. The predicted molar refractivity (Wildman–Crippen MR) is 80.3 cm³/mol. The van der Waals surface area contributed by atoms with Gasteiger partial charge in [0.05, 0.1) is 23.1 Å². The van der Waals surface area contributed by atoms with E-state index in [9.17, 15) is 0 Å². The SMILES string of the molecule is Cc1n(CCCO)c2cc(Cl)c(Cl)cc2[n+]1CCCO.[Cl-]. The van der Waals surface area contributed by atoms with Crippen LogP contribution in [0.2, 0.25) is 10.0 Å². The monoisotopic (exact) mass is 352 g/mol. The van der Waals surface area contributed by atoms with Crippen LogP contribution in [0.25, 0.3) is 11.0 Å². The molecule has 2 rings (SSSR count). The number of aromatic nitrogens is 2. The third-order valence-corrected chi connectivity index (χ3v) is 4.18. The second kappa shape index (κ2) is 8.20. The average molecular weight is 354 g/mol. The molecule has 1 aromatic carbocycles. The van der Waals surface area contributed by atoms with Crippen LogP contribution in [0, 0.1) is 6.92 Å². The molecule has 1 aromatic heterocycles. The van der Waals surface area contributed by atoms with E-state index in [4.69, 9.17) is 33.4 Å². The molecule has 0 aliphatic carbocycles. The van der Waals surface area contributed by atoms with Crippen molar-refractivity contribution >= 4 is 34.2 Å². The number of fused-ring (bicyclic) bond motifs is 1. The molecule has 21 heavy (non-hydrogen) atoms. The summed E-state index contributed by atoms with van der Waals surface area (Å²) in [4.78, 5) is 0. The molecular formula is C14H19Cl3N2O2. The summed E-state index contributed by atoms with van der Waals surface area (Å²) in [6, 6.07) is 3.72. The Bertz CT molecular complexity index is 563. The molecule has 2 aromatic rings. The van der Waals surface area contributed by atoms with Crippen molar-refractivity contribution in [1.82, 2.24) is 4.57 Å². The van der Waals surface area contributed by atoms with E-state index in [1.54, 1.807) is 0 Å². The third-order valence-electron chi connectivity index (χ3n) is 3.46. The van der Waals surface area contributed by atoms with Gasteiger partial charge in [-0.15, -0.1) is 0 Å². The molecule has 0 saturated carbocycles. The maximum Gasteiger partial charge on any atom is 0.254 e. The van der Waals surface area contributed by atoms with Crippen LogP contribution >= 0.6 is 23.2 Å². The number of nitrogens with zero attached hydrogens (tertiary/aromatic N) is 2. The van der Waals surface area contributed by atoms with Gasteiger partial charge in [0.25, 0.3) is 5.82 Å². The zero-order valence-corrected chi connectivity index (χ0v) is 14.1. The van der Waals surface area contributed by atoms with E-state index in [0.717, 1.165) is 29.9 Å². The van der Waals surface area contributed by atoms with E-state index in [2.05, 4.69) is 9.13 Å². The molecule has 118 valence electrons. The van der Waals surface area contributed by atoms with Gasteiger partial charge in [0.15, 0.2) is 11.0 Å². The number of aliphatic hydroxyl groups is 2. The van der Waals surface area contributed by atoms with Gasteiger partial charge in [-0.05, 0) is 0 Å². The predicted octanol–water partition coefficient (Wildman–Crippen LogP) is -0.687. The van der Waals surface area contributed by atoms with Gasteiger partial charge in [0.1, 0.15) is 0 Å². The van der Waals surface area contributed by atoms with Gasteiger partial charge in [-0.1, -0.05) is 23.2 Å². The second-order valence-corrected chi connectivity index (χ2v) is 5.57. The first kappa shape index (κ1) is 18.5. The summed E-state index contributed by atoms with van der Waals surface area (Å²) in [5.41, 5.74) is 2.01. The number of hydrogen-bond acceptors (Lipinski definition) is 2. The first-order valence-corrected chi connectivity index (χ1v) is 7.45. The van der Waals surface area contributed by atoms with Crippen LogP contribution in [0.1, 0.15) is 18.7 Å². The van der Waals surface area contributed by atoms with Gasteiger partial charge >= 0.3 is 0 Å². The molecule has 0 atom stereocenters. The zero-order chi connectivity index (χ0) is 14.7. The maximum atomic E-state index is 9.04. The van der Waals surface area contributed by atoms with Gasteiger partial charge in [-0.2, -0.15) is 0 Å². The van der Waals surface area contributed by atoms with E-state index in [1.807, 2.05) is 19.1 Å². The van der Waals surface area contributed by atoms with Crippen LogP contribution in [-0.2, 0) is 13.1 Å². The second-order valence-electron chi connectivity index (χ2n) is 4.76. The molecule has 0 aliphatic heterocycles. The van der Waals surface area contributed by atoms with Gasteiger partial charge in [0, 0.05) is 45.1 Å². The number of aryl methyl sites for hydroxylation is 2. The van der Waals surface area contributed by atoms with Crippen molar-refractivity contribution in [3.63, 3.8) is 0 Å². The summed E-state index contributed by atoms with van der Waals surface area (Å²) in [7, 11) is 0.